The molecule has 1 atom stereocenters. The summed E-state index contributed by atoms with van der Waals surface area (Å²) >= 11 is 1.41. The van der Waals surface area contributed by atoms with Crippen LogP contribution < -0.4 is 11.4 Å². The Morgan fingerprint density at radius 1 is 1.09 bits per heavy atom. The van der Waals surface area contributed by atoms with Crippen molar-refractivity contribution in [3.63, 3.8) is 0 Å². The minimum Gasteiger partial charge on any atom is -0.379 e. The number of aryl methyl sites for hydroxylation is 1. The lowest BCUT2D eigenvalue weighted by molar-refractivity contribution is 0.430. The van der Waals surface area contributed by atoms with E-state index < -0.39 is 0 Å². The summed E-state index contributed by atoms with van der Waals surface area (Å²) in [7, 11) is 0. The number of nitrogens with zero attached hydrogens (tertiary/aromatic N) is 2. The van der Waals surface area contributed by atoms with Gasteiger partial charge in [0.1, 0.15) is 0 Å². The van der Waals surface area contributed by atoms with E-state index >= 15 is 0 Å². The van der Waals surface area contributed by atoms with Gasteiger partial charge in [-0.3, -0.25) is 9.98 Å². The summed E-state index contributed by atoms with van der Waals surface area (Å²) in [6.07, 6.45) is 5.67. The number of hydrogen-bond acceptors (Lipinski definition) is 3. The number of aromatic nitrogens is 4. The molecule has 1 aliphatic rings. The largest absolute Gasteiger partial charge is 0.379 e. The highest BCUT2D eigenvalue weighted by molar-refractivity contribution is 8.13. The van der Waals surface area contributed by atoms with Crippen LogP contribution in [0.15, 0.2) is 65.7 Å². The number of H-pyrrole nitrogens is 2. The van der Waals surface area contributed by atoms with Gasteiger partial charge >= 0.3 is 5.69 Å². The van der Waals surface area contributed by atoms with E-state index in [9.17, 15) is 4.79 Å². The Labute approximate surface area is 194 Å². The van der Waals surface area contributed by atoms with Gasteiger partial charge in [0.2, 0.25) is 0 Å². The van der Waals surface area contributed by atoms with Crippen LogP contribution in [0, 0.1) is 11.3 Å². The van der Waals surface area contributed by atoms with Crippen molar-refractivity contribution in [1.29, 1.82) is 5.41 Å². The molecule has 0 aliphatic carbocycles. The standard InChI is InChI=1S/C25H24N6OS/c26-24(27)33-14-15-9-10-30-19-8-4-2-6-17(19)23(20(30)11-15)22-13-29-25(32)31(22)21-12-28-18-7-3-1-5-16(18)21/h1-8,12-13,15,28H,9-11,14H2,(H3,26,27)(H,29,32). The first-order chi connectivity index (χ1) is 16.1. The van der Waals surface area contributed by atoms with Crippen LogP contribution in [0.1, 0.15) is 12.1 Å². The molecular formula is C25H24N6OS. The predicted molar refractivity (Wildman–Crippen MR) is 135 cm³/mol. The lowest BCUT2D eigenvalue weighted by atomic mass is 9.94. The number of fused-ring (bicyclic) bond motifs is 4. The topological polar surface area (TPSA) is 108 Å². The molecule has 5 aromatic rings. The van der Waals surface area contributed by atoms with Crippen molar-refractivity contribution in [2.75, 3.05) is 5.75 Å². The highest BCUT2D eigenvalue weighted by Crippen LogP contribution is 2.40. The van der Waals surface area contributed by atoms with Crippen LogP contribution in [-0.2, 0) is 13.0 Å². The van der Waals surface area contributed by atoms with Crippen LogP contribution in [0.4, 0.5) is 0 Å². The van der Waals surface area contributed by atoms with E-state index in [4.69, 9.17) is 11.1 Å². The fourth-order valence-corrected chi connectivity index (χ4v) is 5.88. The predicted octanol–water partition coefficient (Wildman–Crippen LogP) is 4.46. The molecule has 0 bridgehead atoms. The van der Waals surface area contributed by atoms with Gasteiger partial charge in [0.15, 0.2) is 5.17 Å². The van der Waals surface area contributed by atoms with Gasteiger partial charge in [0.05, 0.1) is 11.4 Å². The molecular weight excluding hydrogens is 432 g/mol. The number of nitrogens with one attached hydrogen (secondary N) is 3. The van der Waals surface area contributed by atoms with Crippen molar-refractivity contribution in [2.24, 2.45) is 11.7 Å². The van der Waals surface area contributed by atoms with Crippen LogP contribution in [0.5, 0.6) is 0 Å². The molecule has 0 amide bonds. The third-order valence-electron chi connectivity index (χ3n) is 6.64. The van der Waals surface area contributed by atoms with Crippen molar-refractivity contribution in [1.82, 2.24) is 19.1 Å². The number of benzene rings is 2. The van der Waals surface area contributed by atoms with E-state index in [1.54, 1.807) is 4.57 Å². The van der Waals surface area contributed by atoms with Gasteiger partial charge in [-0.05, 0) is 30.9 Å². The Morgan fingerprint density at radius 2 is 1.88 bits per heavy atom. The maximum atomic E-state index is 13.1. The zero-order valence-electron chi connectivity index (χ0n) is 18.0. The highest BCUT2D eigenvalue weighted by atomic mass is 32.2. The van der Waals surface area contributed by atoms with Gasteiger partial charge < -0.3 is 20.3 Å². The van der Waals surface area contributed by atoms with Crippen LogP contribution in [0.3, 0.4) is 0 Å². The minimum atomic E-state index is -0.154. The van der Waals surface area contributed by atoms with Crippen molar-refractivity contribution in [3.05, 3.63) is 77.1 Å². The first-order valence-corrected chi connectivity index (χ1v) is 12.0. The summed E-state index contributed by atoms with van der Waals surface area (Å²) in [6.45, 7) is 0.917. The van der Waals surface area contributed by atoms with Crippen molar-refractivity contribution in [2.45, 2.75) is 19.4 Å². The number of hydrogen-bond donors (Lipinski definition) is 4. The molecule has 1 aliphatic heterocycles. The Balaban J connectivity index is 1.56. The second kappa shape index (κ2) is 7.74. The van der Waals surface area contributed by atoms with E-state index in [2.05, 4.69) is 38.8 Å². The van der Waals surface area contributed by atoms with Gasteiger partial charge in [-0.1, -0.05) is 48.2 Å². The summed E-state index contributed by atoms with van der Waals surface area (Å²) in [6, 6.07) is 16.5. The second-order valence-electron chi connectivity index (χ2n) is 8.56. The van der Waals surface area contributed by atoms with Gasteiger partial charge in [0, 0.05) is 57.8 Å². The van der Waals surface area contributed by atoms with E-state index in [1.165, 1.54) is 23.0 Å². The van der Waals surface area contributed by atoms with Gasteiger partial charge in [-0.2, -0.15) is 0 Å². The lowest BCUT2D eigenvalue weighted by Crippen LogP contribution is -2.22. The van der Waals surface area contributed by atoms with Crippen molar-refractivity contribution >= 4 is 38.7 Å². The molecule has 1 unspecified atom stereocenters. The fraction of sp³-hybridized carbons (Fsp3) is 0.200. The fourth-order valence-electron chi connectivity index (χ4n) is 5.18. The first-order valence-electron chi connectivity index (χ1n) is 11.1. The Morgan fingerprint density at radius 3 is 2.73 bits per heavy atom. The van der Waals surface area contributed by atoms with Crippen LogP contribution in [-0.4, -0.2) is 30.0 Å². The third kappa shape index (κ3) is 3.21. The maximum Gasteiger partial charge on any atom is 0.330 e. The molecule has 0 saturated carbocycles. The summed E-state index contributed by atoms with van der Waals surface area (Å²) in [5.74, 6) is 1.26. The quantitative estimate of drug-likeness (QED) is 0.237. The number of thioether (sulfide) groups is 1. The zero-order valence-corrected chi connectivity index (χ0v) is 18.8. The molecule has 3 aromatic heterocycles. The monoisotopic (exact) mass is 456 g/mol. The summed E-state index contributed by atoms with van der Waals surface area (Å²) in [5.41, 5.74) is 11.7. The Hall–Kier alpha value is -3.65. The molecule has 33 heavy (non-hydrogen) atoms. The first kappa shape index (κ1) is 20.0. The number of para-hydroxylation sites is 2. The van der Waals surface area contributed by atoms with Crippen LogP contribution in [0.25, 0.3) is 38.8 Å². The van der Waals surface area contributed by atoms with E-state index in [-0.39, 0.29) is 10.9 Å². The molecule has 7 nitrogen and oxygen atoms in total. The normalized spacial score (nSPS) is 15.8. The molecule has 0 spiro atoms. The average molecular weight is 457 g/mol. The Kier molecular flexibility index (Phi) is 4.69. The third-order valence-corrected chi connectivity index (χ3v) is 7.59. The molecule has 8 heteroatoms. The molecule has 2 aromatic carbocycles. The van der Waals surface area contributed by atoms with Gasteiger partial charge in [0.25, 0.3) is 0 Å². The second-order valence-corrected chi connectivity index (χ2v) is 9.62. The summed E-state index contributed by atoms with van der Waals surface area (Å²) in [5, 5.41) is 9.92. The molecule has 0 radical (unpaired) electrons. The minimum absolute atomic E-state index is 0.154. The number of imidazole rings is 1. The Bertz CT molecular complexity index is 1570. The van der Waals surface area contributed by atoms with Crippen LogP contribution in [0.2, 0.25) is 0 Å². The summed E-state index contributed by atoms with van der Waals surface area (Å²) < 4.78 is 4.19. The van der Waals surface area contributed by atoms with E-state index in [1.807, 2.05) is 36.7 Å². The molecule has 0 fully saturated rings. The lowest BCUT2D eigenvalue weighted by Gasteiger charge is -2.25. The summed E-state index contributed by atoms with van der Waals surface area (Å²) in [4.78, 5) is 19.3. The van der Waals surface area contributed by atoms with E-state index in [0.717, 1.165) is 58.4 Å². The molecule has 166 valence electrons. The smallest absolute Gasteiger partial charge is 0.330 e. The SMILES string of the molecule is N=C(N)SCC1CCn2c(c(-c3c[nH]c(=O)n3-c3c[nH]c4ccccc34)c3ccccc32)C1. The molecule has 5 N–H and O–H groups in total. The molecule has 0 saturated heterocycles. The number of nitrogens with two attached hydrogens (primary N) is 1. The molecule has 6 rings (SSSR count). The zero-order chi connectivity index (χ0) is 22.5. The average Bonchev–Trinajstić information content (AvgIpc) is 3.50. The molecule has 4 heterocycles. The number of aromatic amines is 2. The number of rotatable bonds is 4. The number of amidine groups is 1. The van der Waals surface area contributed by atoms with Crippen molar-refractivity contribution < 1.29 is 0 Å². The highest BCUT2D eigenvalue weighted by Gasteiger charge is 2.28. The van der Waals surface area contributed by atoms with Crippen LogP contribution >= 0.6 is 11.8 Å². The maximum absolute atomic E-state index is 13.1. The van der Waals surface area contributed by atoms with Gasteiger partial charge in [-0.15, -0.1) is 0 Å². The van der Waals surface area contributed by atoms with E-state index in [0.29, 0.717) is 5.92 Å². The van der Waals surface area contributed by atoms with Gasteiger partial charge in [-0.25, -0.2) is 4.79 Å². The van der Waals surface area contributed by atoms with Crippen molar-refractivity contribution in [3.8, 4) is 16.9 Å².